The number of rotatable bonds is 5. The molecule has 3 aromatic rings. The summed E-state index contributed by atoms with van der Waals surface area (Å²) in [4.78, 5) is 32.3. The Hall–Kier alpha value is -3.19. The number of nitrogens with one attached hydrogen (secondary N) is 1. The number of hydrogen-bond acceptors (Lipinski definition) is 4. The maximum absolute atomic E-state index is 13.6. The van der Waals surface area contributed by atoms with Crippen LogP contribution in [0, 0.1) is 12.7 Å². The predicted octanol–water partition coefficient (Wildman–Crippen LogP) is 4.10. The maximum atomic E-state index is 13.6. The molecule has 1 aliphatic rings. The number of halogens is 1. The third-order valence-corrected chi connectivity index (χ3v) is 6.58. The zero-order valence-corrected chi connectivity index (χ0v) is 17.8. The van der Waals surface area contributed by atoms with Gasteiger partial charge in [0.15, 0.2) is 0 Å². The van der Waals surface area contributed by atoms with Gasteiger partial charge in [-0.2, -0.15) is 0 Å². The molecule has 0 bridgehead atoms. The van der Waals surface area contributed by atoms with Crippen LogP contribution in [0.1, 0.15) is 32.4 Å². The minimum atomic E-state index is -0.635. The molecule has 0 saturated carbocycles. The number of aryl methyl sites for hydroxylation is 1. The Bertz CT molecular complexity index is 1080. The molecule has 1 aliphatic heterocycles. The van der Waals surface area contributed by atoms with Crippen molar-refractivity contribution in [3.05, 3.63) is 101 Å². The van der Waals surface area contributed by atoms with E-state index in [0.717, 1.165) is 16.7 Å². The van der Waals surface area contributed by atoms with Crippen molar-refractivity contribution >= 4 is 23.6 Å². The number of hydrogen-bond donors (Lipinski definition) is 1. The second kappa shape index (κ2) is 9.31. The van der Waals surface area contributed by atoms with Crippen LogP contribution in [0.2, 0.25) is 0 Å². The summed E-state index contributed by atoms with van der Waals surface area (Å²) in [6.07, 6.45) is 3.37. The van der Waals surface area contributed by atoms with Gasteiger partial charge in [-0.3, -0.25) is 14.6 Å². The van der Waals surface area contributed by atoms with E-state index >= 15 is 0 Å². The fourth-order valence-electron chi connectivity index (χ4n) is 3.60. The normalized spacial score (nSPS) is 18.1. The SMILES string of the molecule is Cc1ccccc1C(=O)N1C(C(=O)NCc2cccnc2)CSC1c1ccc(F)cc1. The van der Waals surface area contributed by atoms with E-state index in [2.05, 4.69) is 10.3 Å². The zero-order chi connectivity index (χ0) is 21.8. The summed E-state index contributed by atoms with van der Waals surface area (Å²) in [5.41, 5.74) is 3.07. The number of nitrogens with zero attached hydrogens (tertiary/aromatic N) is 2. The van der Waals surface area contributed by atoms with Gasteiger partial charge in [-0.1, -0.05) is 36.4 Å². The van der Waals surface area contributed by atoms with Crippen LogP contribution in [0.5, 0.6) is 0 Å². The van der Waals surface area contributed by atoms with Crippen molar-refractivity contribution in [1.29, 1.82) is 0 Å². The molecule has 5 nitrogen and oxygen atoms in total. The largest absolute Gasteiger partial charge is 0.350 e. The molecular formula is C24H22FN3O2S. The Balaban J connectivity index is 1.62. The summed E-state index contributed by atoms with van der Waals surface area (Å²) in [6.45, 7) is 2.21. The number of thioether (sulfide) groups is 1. The van der Waals surface area contributed by atoms with Gasteiger partial charge >= 0.3 is 0 Å². The maximum Gasteiger partial charge on any atom is 0.256 e. The summed E-state index contributed by atoms with van der Waals surface area (Å²) in [6, 6.07) is 16.5. The summed E-state index contributed by atoms with van der Waals surface area (Å²) in [5.74, 6) is -0.311. The van der Waals surface area contributed by atoms with E-state index in [1.165, 1.54) is 23.9 Å². The van der Waals surface area contributed by atoms with Gasteiger partial charge in [0, 0.05) is 30.3 Å². The molecule has 2 atom stereocenters. The second-order valence-corrected chi connectivity index (χ2v) is 8.47. The van der Waals surface area contributed by atoms with E-state index in [-0.39, 0.29) is 23.0 Å². The Morgan fingerprint density at radius 1 is 1.13 bits per heavy atom. The summed E-state index contributed by atoms with van der Waals surface area (Å²) >= 11 is 1.51. The van der Waals surface area contributed by atoms with E-state index in [4.69, 9.17) is 0 Å². The van der Waals surface area contributed by atoms with Crippen LogP contribution in [-0.4, -0.2) is 33.5 Å². The molecule has 1 aromatic heterocycles. The van der Waals surface area contributed by atoms with Crippen molar-refractivity contribution in [2.75, 3.05) is 5.75 Å². The summed E-state index contributed by atoms with van der Waals surface area (Å²) in [7, 11) is 0. The molecule has 31 heavy (non-hydrogen) atoms. The van der Waals surface area contributed by atoms with Crippen molar-refractivity contribution in [1.82, 2.24) is 15.2 Å². The molecule has 0 aliphatic carbocycles. The van der Waals surface area contributed by atoms with Gasteiger partial charge in [0.1, 0.15) is 17.2 Å². The lowest BCUT2D eigenvalue weighted by Gasteiger charge is -2.29. The molecule has 0 spiro atoms. The molecule has 2 unspecified atom stereocenters. The molecule has 0 radical (unpaired) electrons. The van der Waals surface area contributed by atoms with Gasteiger partial charge in [-0.25, -0.2) is 4.39 Å². The summed E-state index contributed by atoms with van der Waals surface area (Å²) in [5, 5.41) is 2.55. The highest BCUT2D eigenvalue weighted by Gasteiger charge is 2.42. The van der Waals surface area contributed by atoms with Crippen molar-refractivity contribution < 1.29 is 14.0 Å². The van der Waals surface area contributed by atoms with Crippen LogP contribution < -0.4 is 5.32 Å². The highest BCUT2D eigenvalue weighted by molar-refractivity contribution is 7.99. The second-order valence-electron chi connectivity index (χ2n) is 7.36. The number of aromatic nitrogens is 1. The van der Waals surface area contributed by atoms with Gasteiger partial charge in [0.25, 0.3) is 5.91 Å². The lowest BCUT2D eigenvalue weighted by Crippen LogP contribution is -2.48. The molecular weight excluding hydrogens is 413 g/mol. The van der Waals surface area contributed by atoms with Crippen molar-refractivity contribution in [2.24, 2.45) is 0 Å². The fourth-order valence-corrected chi connectivity index (χ4v) is 5.03. The molecule has 7 heteroatoms. The Morgan fingerprint density at radius 3 is 2.61 bits per heavy atom. The molecule has 1 saturated heterocycles. The van der Waals surface area contributed by atoms with Crippen molar-refractivity contribution in [3.63, 3.8) is 0 Å². The Labute approximate surface area is 184 Å². The quantitative estimate of drug-likeness (QED) is 0.655. The predicted molar refractivity (Wildman–Crippen MR) is 119 cm³/mol. The van der Waals surface area contributed by atoms with Crippen LogP contribution in [0.15, 0.2) is 73.1 Å². The minimum absolute atomic E-state index is 0.209. The van der Waals surface area contributed by atoms with E-state index < -0.39 is 6.04 Å². The first-order valence-corrected chi connectivity index (χ1v) is 11.0. The molecule has 158 valence electrons. The van der Waals surface area contributed by atoms with E-state index in [1.807, 2.05) is 37.3 Å². The highest BCUT2D eigenvalue weighted by Crippen LogP contribution is 2.42. The molecule has 2 aromatic carbocycles. The summed E-state index contributed by atoms with van der Waals surface area (Å²) < 4.78 is 13.5. The van der Waals surface area contributed by atoms with E-state index in [1.54, 1.807) is 35.5 Å². The van der Waals surface area contributed by atoms with Gasteiger partial charge in [-0.05, 0) is 47.9 Å². The van der Waals surface area contributed by atoms with Crippen LogP contribution in [0.25, 0.3) is 0 Å². The Morgan fingerprint density at radius 2 is 1.90 bits per heavy atom. The lowest BCUT2D eigenvalue weighted by atomic mass is 10.1. The standard InChI is InChI=1S/C24H22FN3O2S/c1-16-5-2-3-7-20(16)23(30)28-21(22(29)27-14-17-6-4-12-26-13-17)15-31-24(28)18-8-10-19(25)11-9-18/h2-13,21,24H,14-15H2,1H3,(H,27,29). The smallest absolute Gasteiger partial charge is 0.256 e. The van der Waals surface area contributed by atoms with Crippen molar-refractivity contribution in [2.45, 2.75) is 24.9 Å². The molecule has 4 rings (SSSR count). The fraction of sp³-hybridized carbons (Fsp3) is 0.208. The lowest BCUT2D eigenvalue weighted by molar-refractivity contribution is -0.125. The molecule has 1 N–H and O–H groups in total. The van der Waals surface area contributed by atoms with Crippen molar-refractivity contribution in [3.8, 4) is 0 Å². The third-order valence-electron chi connectivity index (χ3n) is 5.26. The van der Waals surface area contributed by atoms with Crippen LogP contribution in [0.4, 0.5) is 4.39 Å². The van der Waals surface area contributed by atoms with Crippen LogP contribution in [-0.2, 0) is 11.3 Å². The number of benzene rings is 2. The van der Waals surface area contributed by atoms with E-state index in [9.17, 15) is 14.0 Å². The topological polar surface area (TPSA) is 62.3 Å². The zero-order valence-electron chi connectivity index (χ0n) is 17.0. The molecule has 1 fully saturated rings. The first kappa shape index (κ1) is 21.1. The first-order chi connectivity index (χ1) is 15.0. The van der Waals surface area contributed by atoms with Gasteiger partial charge in [0.2, 0.25) is 5.91 Å². The minimum Gasteiger partial charge on any atom is -0.350 e. The van der Waals surface area contributed by atoms with Gasteiger partial charge in [-0.15, -0.1) is 11.8 Å². The monoisotopic (exact) mass is 435 g/mol. The number of pyridine rings is 1. The number of carbonyl (C=O) groups excluding carboxylic acids is 2. The first-order valence-electron chi connectivity index (χ1n) is 9.96. The average molecular weight is 436 g/mol. The van der Waals surface area contributed by atoms with Gasteiger partial charge < -0.3 is 10.2 Å². The van der Waals surface area contributed by atoms with Crippen LogP contribution in [0.3, 0.4) is 0 Å². The number of carbonyl (C=O) groups is 2. The molecule has 2 amide bonds. The molecule has 2 heterocycles. The Kier molecular flexibility index (Phi) is 6.32. The highest BCUT2D eigenvalue weighted by atomic mass is 32.2. The number of amides is 2. The van der Waals surface area contributed by atoms with E-state index in [0.29, 0.717) is 17.9 Å². The third kappa shape index (κ3) is 4.61. The average Bonchev–Trinajstić information content (AvgIpc) is 3.24. The van der Waals surface area contributed by atoms with Gasteiger partial charge in [0.05, 0.1) is 0 Å². The van der Waals surface area contributed by atoms with Crippen LogP contribution >= 0.6 is 11.8 Å².